The van der Waals surface area contributed by atoms with Crippen LogP contribution in [0.1, 0.15) is 10.8 Å². The predicted molar refractivity (Wildman–Crippen MR) is 91.9 cm³/mol. The maximum atomic E-state index is 5.94. The third kappa shape index (κ3) is 3.76. The molecule has 7 heteroatoms. The molecule has 3 aromatic rings. The molecule has 0 bridgehead atoms. The van der Waals surface area contributed by atoms with Gasteiger partial charge < -0.3 is 4.42 Å². The molecular formula is C15H13BrClN3OS. The number of hydrogen-bond acceptors (Lipinski definition) is 5. The normalized spacial score (nSPS) is 11.3. The Morgan fingerprint density at radius 1 is 1.18 bits per heavy atom. The number of nitrogens with zero attached hydrogens (tertiary/aromatic N) is 3. The van der Waals surface area contributed by atoms with Crippen molar-refractivity contribution in [3.8, 4) is 11.5 Å². The minimum atomic E-state index is 0.523. The van der Waals surface area contributed by atoms with Gasteiger partial charge in [0, 0.05) is 15.9 Å². The van der Waals surface area contributed by atoms with Gasteiger partial charge in [-0.1, -0.05) is 23.7 Å². The highest BCUT2D eigenvalue weighted by Crippen LogP contribution is 2.27. The topological polar surface area (TPSA) is 42.2 Å². The van der Waals surface area contributed by atoms with Crippen LogP contribution in [0.4, 0.5) is 0 Å². The molecule has 0 aliphatic carbocycles. The van der Waals surface area contributed by atoms with Crippen LogP contribution in [0.3, 0.4) is 0 Å². The summed E-state index contributed by atoms with van der Waals surface area (Å²) in [6.45, 7) is 1.39. The Balaban J connectivity index is 1.68. The quantitative estimate of drug-likeness (QED) is 0.616. The third-order valence-corrected chi connectivity index (χ3v) is 4.94. The largest absolute Gasteiger partial charge is 0.419 e. The maximum Gasteiger partial charge on any atom is 0.248 e. The highest BCUT2D eigenvalue weighted by Gasteiger charge is 2.13. The third-order valence-electron chi connectivity index (χ3n) is 3.03. The van der Waals surface area contributed by atoms with Gasteiger partial charge in [-0.25, -0.2) is 0 Å². The van der Waals surface area contributed by atoms with Gasteiger partial charge in [-0.05, 0) is 47.2 Å². The summed E-state index contributed by atoms with van der Waals surface area (Å²) in [5.74, 6) is 1.12. The zero-order valence-corrected chi connectivity index (χ0v) is 15.0. The van der Waals surface area contributed by atoms with Crippen molar-refractivity contribution in [2.75, 3.05) is 7.05 Å². The molecule has 2 heterocycles. The molecule has 0 unspecified atom stereocenters. The molecule has 114 valence electrons. The second-order valence-electron chi connectivity index (χ2n) is 4.86. The molecular weight excluding hydrogens is 386 g/mol. The first-order chi connectivity index (χ1) is 10.6. The van der Waals surface area contributed by atoms with E-state index in [0.29, 0.717) is 18.3 Å². The van der Waals surface area contributed by atoms with E-state index in [1.807, 2.05) is 43.4 Å². The summed E-state index contributed by atoms with van der Waals surface area (Å²) in [5, 5.41) is 8.24. The minimum absolute atomic E-state index is 0.523. The lowest BCUT2D eigenvalue weighted by Crippen LogP contribution is -2.16. The second kappa shape index (κ2) is 6.91. The van der Waals surface area contributed by atoms with Crippen molar-refractivity contribution < 1.29 is 4.42 Å². The Bertz CT molecular complexity index is 774. The molecule has 4 nitrogen and oxygen atoms in total. The average Bonchev–Trinajstić information content (AvgIpc) is 3.09. The zero-order valence-electron chi connectivity index (χ0n) is 11.8. The summed E-state index contributed by atoms with van der Waals surface area (Å²) in [4.78, 5) is 3.32. The summed E-state index contributed by atoms with van der Waals surface area (Å²) in [5.41, 5.74) is 0.897. The van der Waals surface area contributed by atoms with E-state index in [4.69, 9.17) is 16.0 Å². The molecule has 0 radical (unpaired) electrons. The van der Waals surface area contributed by atoms with Crippen LogP contribution in [0.2, 0.25) is 4.34 Å². The molecule has 0 spiro atoms. The molecule has 0 saturated heterocycles. The smallest absolute Gasteiger partial charge is 0.248 e. The van der Waals surface area contributed by atoms with E-state index in [2.05, 4.69) is 31.0 Å². The van der Waals surface area contributed by atoms with Crippen LogP contribution in [-0.4, -0.2) is 22.1 Å². The molecule has 0 fully saturated rings. The number of rotatable bonds is 5. The standard InChI is InChI=1S/C15H13BrClN3OS/c1-20(8-10-6-7-13(17)22-10)9-14-18-19-15(21-14)11-4-2-3-5-12(11)16/h2-7H,8-9H2,1H3. The second-order valence-corrected chi connectivity index (χ2v) is 7.51. The highest BCUT2D eigenvalue weighted by molar-refractivity contribution is 9.10. The van der Waals surface area contributed by atoms with Gasteiger partial charge in [0.25, 0.3) is 0 Å². The zero-order chi connectivity index (χ0) is 15.5. The lowest BCUT2D eigenvalue weighted by Gasteiger charge is -2.12. The first kappa shape index (κ1) is 15.7. The van der Waals surface area contributed by atoms with Crippen LogP contribution in [0.25, 0.3) is 11.5 Å². The molecule has 0 aliphatic rings. The van der Waals surface area contributed by atoms with Gasteiger partial charge in [-0.3, -0.25) is 4.90 Å². The van der Waals surface area contributed by atoms with Crippen LogP contribution in [-0.2, 0) is 13.1 Å². The average molecular weight is 399 g/mol. The van der Waals surface area contributed by atoms with Crippen LogP contribution < -0.4 is 0 Å². The number of hydrogen-bond donors (Lipinski definition) is 0. The Kier molecular flexibility index (Phi) is 4.93. The molecule has 0 atom stereocenters. The highest BCUT2D eigenvalue weighted by atomic mass is 79.9. The van der Waals surface area contributed by atoms with Crippen molar-refractivity contribution in [2.24, 2.45) is 0 Å². The van der Waals surface area contributed by atoms with E-state index in [0.717, 1.165) is 20.9 Å². The van der Waals surface area contributed by atoms with Crippen LogP contribution in [0.15, 0.2) is 45.3 Å². The van der Waals surface area contributed by atoms with E-state index in [1.165, 1.54) is 4.88 Å². The van der Waals surface area contributed by atoms with Crippen molar-refractivity contribution in [1.29, 1.82) is 0 Å². The molecule has 0 saturated carbocycles. The maximum absolute atomic E-state index is 5.94. The molecule has 22 heavy (non-hydrogen) atoms. The summed E-state index contributed by atoms with van der Waals surface area (Å²) in [7, 11) is 2.01. The Morgan fingerprint density at radius 2 is 2.00 bits per heavy atom. The van der Waals surface area contributed by atoms with Crippen molar-refractivity contribution in [3.63, 3.8) is 0 Å². The fourth-order valence-corrected chi connectivity index (χ4v) is 3.67. The molecule has 0 amide bonds. The van der Waals surface area contributed by atoms with Gasteiger partial charge in [-0.15, -0.1) is 21.5 Å². The van der Waals surface area contributed by atoms with Gasteiger partial charge in [0.15, 0.2) is 0 Å². The number of aromatic nitrogens is 2. The number of halogens is 2. The Hall–Kier alpha value is -1.21. The van der Waals surface area contributed by atoms with Crippen molar-refractivity contribution >= 4 is 38.9 Å². The van der Waals surface area contributed by atoms with Gasteiger partial charge in [0.1, 0.15) is 0 Å². The van der Waals surface area contributed by atoms with Crippen molar-refractivity contribution in [1.82, 2.24) is 15.1 Å². The summed E-state index contributed by atoms with van der Waals surface area (Å²) in [6, 6.07) is 11.7. The summed E-state index contributed by atoms with van der Waals surface area (Å²) < 4.78 is 7.49. The molecule has 0 aliphatic heterocycles. The minimum Gasteiger partial charge on any atom is -0.419 e. The van der Waals surface area contributed by atoms with Crippen LogP contribution in [0.5, 0.6) is 0 Å². The van der Waals surface area contributed by atoms with Gasteiger partial charge in [0.2, 0.25) is 11.8 Å². The molecule has 2 aromatic heterocycles. The first-order valence-electron chi connectivity index (χ1n) is 6.62. The Labute approximate surface area is 145 Å². The van der Waals surface area contributed by atoms with E-state index < -0.39 is 0 Å². The van der Waals surface area contributed by atoms with Crippen LogP contribution in [0, 0.1) is 0 Å². The van der Waals surface area contributed by atoms with Crippen molar-refractivity contribution in [3.05, 3.63) is 56.0 Å². The van der Waals surface area contributed by atoms with E-state index in [-0.39, 0.29) is 0 Å². The van der Waals surface area contributed by atoms with E-state index in [1.54, 1.807) is 11.3 Å². The first-order valence-corrected chi connectivity index (χ1v) is 8.60. The SMILES string of the molecule is CN(Cc1nnc(-c2ccccc2Br)o1)Cc1ccc(Cl)s1. The van der Waals surface area contributed by atoms with Gasteiger partial charge in [0.05, 0.1) is 16.4 Å². The predicted octanol–water partition coefficient (Wildman–Crippen LogP) is 4.85. The summed E-state index contributed by atoms with van der Waals surface area (Å²) in [6.07, 6.45) is 0. The van der Waals surface area contributed by atoms with Gasteiger partial charge >= 0.3 is 0 Å². The fourth-order valence-electron chi connectivity index (χ4n) is 2.05. The van der Waals surface area contributed by atoms with E-state index >= 15 is 0 Å². The fraction of sp³-hybridized carbons (Fsp3) is 0.200. The van der Waals surface area contributed by atoms with Crippen LogP contribution >= 0.6 is 38.9 Å². The molecule has 1 aromatic carbocycles. The molecule has 0 N–H and O–H groups in total. The van der Waals surface area contributed by atoms with E-state index in [9.17, 15) is 0 Å². The lowest BCUT2D eigenvalue weighted by molar-refractivity contribution is 0.285. The lowest BCUT2D eigenvalue weighted by atomic mass is 10.2. The number of thiophene rings is 1. The molecule has 3 rings (SSSR count). The Morgan fingerprint density at radius 3 is 2.73 bits per heavy atom. The monoisotopic (exact) mass is 397 g/mol. The van der Waals surface area contributed by atoms with Gasteiger partial charge in [-0.2, -0.15) is 0 Å². The summed E-state index contributed by atoms with van der Waals surface area (Å²) >= 11 is 11.0. The number of benzene rings is 1. The van der Waals surface area contributed by atoms with Crippen molar-refractivity contribution in [2.45, 2.75) is 13.1 Å².